The number of hydrogen-bond donors (Lipinski definition) is 0. The molecule has 2 aromatic heterocycles. The first-order valence-electron chi connectivity index (χ1n) is 10.7. The summed E-state index contributed by atoms with van der Waals surface area (Å²) in [7, 11) is -2.62. The number of imidazole rings is 1. The summed E-state index contributed by atoms with van der Waals surface area (Å²) in [5.41, 5.74) is 0.559. The highest BCUT2D eigenvalue weighted by Crippen LogP contribution is 2.66. The van der Waals surface area contributed by atoms with Gasteiger partial charge in [-0.15, -0.1) is 11.3 Å². The minimum absolute atomic E-state index is 0. The number of ether oxygens (including phenoxy) is 1. The van der Waals surface area contributed by atoms with Gasteiger partial charge in [-0.1, -0.05) is 54.6 Å². The minimum Gasteiger partial charge on any atom is -1.00 e. The van der Waals surface area contributed by atoms with Crippen molar-refractivity contribution in [3.8, 4) is 5.88 Å². The van der Waals surface area contributed by atoms with E-state index in [9.17, 15) is 4.79 Å². The standard InChI is InChI=1S/C27H22N2O2PS.BrH/c1-2-31-26-25(28-27-29(26)18-19-33-27)24(20-30)32(21-12-6-3-7-13-21,22-14-8-4-9-15-22)23-16-10-5-11-17-23;/h3-19H,2H2,1H3;1H/q+1;/p-1. The zero-order valence-electron chi connectivity index (χ0n) is 18.5. The van der Waals surface area contributed by atoms with Crippen molar-refractivity contribution in [2.24, 2.45) is 0 Å². The summed E-state index contributed by atoms with van der Waals surface area (Å²) in [6, 6.07) is 30.7. The summed E-state index contributed by atoms with van der Waals surface area (Å²) < 4.78 is 7.97. The number of benzene rings is 3. The molecule has 5 aromatic rings. The monoisotopic (exact) mass is 548 g/mol. The molecule has 0 saturated carbocycles. The number of aromatic nitrogens is 2. The van der Waals surface area contributed by atoms with Crippen LogP contribution in [0.25, 0.3) is 10.3 Å². The van der Waals surface area contributed by atoms with E-state index in [1.165, 1.54) is 11.3 Å². The molecule has 5 rings (SSSR count). The molecule has 34 heavy (non-hydrogen) atoms. The van der Waals surface area contributed by atoms with Crippen molar-refractivity contribution >= 4 is 50.7 Å². The lowest BCUT2D eigenvalue weighted by Crippen LogP contribution is -3.00. The fourth-order valence-corrected chi connectivity index (χ4v) is 9.09. The number of fused-ring (bicyclic) bond motifs is 1. The average molecular weight is 549 g/mol. The maximum atomic E-state index is 13.0. The van der Waals surface area contributed by atoms with Gasteiger partial charge in [0.2, 0.25) is 11.2 Å². The van der Waals surface area contributed by atoms with Gasteiger partial charge >= 0.3 is 0 Å². The Morgan fingerprint density at radius 1 is 0.912 bits per heavy atom. The molecular formula is C27H22BrN2O2PS. The number of thiazole rings is 1. The fourth-order valence-electron chi connectivity index (χ4n) is 4.26. The molecule has 0 spiro atoms. The van der Waals surface area contributed by atoms with Gasteiger partial charge in [-0.3, -0.25) is 4.40 Å². The van der Waals surface area contributed by atoms with E-state index in [-0.39, 0.29) is 17.0 Å². The predicted molar refractivity (Wildman–Crippen MR) is 138 cm³/mol. The lowest BCUT2D eigenvalue weighted by molar-refractivity contribution is -0.00000799. The smallest absolute Gasteiger partial charge is 0.231 e. The summed E-state index contributed by atoms with van der Waals surface area (Å²) in [6.45, 7) is 2.41. The molecule has 170 valence electrons. The first-order chi connectivity index (χ1) is 16.3. The molecule has 0 aliphatic heterocycles. The highest BCUT2D eigenvalue weighted by Gasteiger charge is 2.53. The summed E-state index contributed by atoms with van der Waals surface area (Å²) in [5, 5.41) is 5.71. The Hall–Kier alpha value is -3.01. The van der Waals surface area contributed by atoms with Crippen LogP contribution in [0.15, 0.2) is 103 Å². The summed E-state index contributed by atoms with van der Waals surface area (Å²) >= 11 is 1.52. The van der Waals surface area contributed by atoms with Crippen LogP contribution in [-0.4, -0.2) is 21.9 Å². The van der Waals surface area contributed by atoms with Gasteiger partial charge in [-0.05, 0) is 43.3 Å². The Labute approximate surface area is 213 Å². The van der Waals surface area contributed by atoms with E-state index in [0.717, 1.165) is 20.9 Å². The molecule has 0 aliphatic rings. The molecule has 0 unspecified atom stereocenters. The molecule has 0 saturated heterocycles. The maximum absolute atomic E-state index is 13.0. The Kier molecular flexibility index (Phi) is 7.45. The van der Waals surface area contributed by atoms with Crippen molar-refractivity contribution in [1.82, 2.24) is 9.38 Å². The number of halogens is 1. The van der Waals surface area contributed by atoms with E-state index >= 15 is 0 Å². The number of carbonyl (C=O) groups excluding carboxylic acids is 1. The molecular weight excluding hydrogens is 527 g/mol. The molecule has 0 radical (unpaired) electrons. The first kappa shape index (κ1) is 24.1. The fraction of sp³-hybridized carbons (Fsp3) is 0.0741. The Morgan fingerprint density at radius 3 is 1.85 bits per heavy atom. The quantitative estimate of drug-likeness (QED) is 0.231. The average Bonchev–Trinajstić information content (AvgIpc) is 3.47. The van der Waals surface area contributed by atoms with E-state index in [1.54, 1.807) is 0 Å². The lowest BCUT2D eigenvalue weighted by Gasteiger charge is -2.27. The topological polar surface area (TPSA) is 43.6 Å². The SMILES string of the molecule is CCOc1c(C(=C=O)[P+](c2ccccc2)(c2ccccc2)c2ccccc2)nc2sccn12.[Br-]. The van der Waals surface area contributed by atoms with E-state index in [4.69, 9.17) is 9.72 Å². The van der Waals surface area contributed by atoms with Crippen LogP contribution in [0.4, 0.5) is 0 Å². The Balaban J connectivity index is 0.00000274. The zero-order valence-corrected chi connectivity index (χ0v) is 21.8. The molecule has 4 nitrogen and oxygen atoms in total. The van der Waals surface area contributed by atoms with Gasteiger partial charge < -0.3 is 21.7 Å². The highest BCUT2D eigenvalue weighted by atomic mass is 79.9. The van der Waals surface area contributed by atoms with E-state index < -0.39 is 7.26 Å². The van der Waals surface area contributed by atoms with Crippen molar-refractivity contribution in [2.75, 3.05) is 6.61 Å². The van der Waals surface area contributed by atoms with Gasteiger partial charge in [0.25, 0.3) is 0 Å². The van der Waals surface area contributed by atoms with Crippen LogP contribution in [-0.2, 0) is 4.79 Å². The van der Waals surface area contributed by atoms with Crippen LogP contribution < -0.4 is 37.6 Å². The minimum atomic E-state index is -2.62. The normalized spacial score (nSPS) is 11.0. The van der Waals surface area contributed by atoms with Crippen molar-refractivity contribution in [1.29, 1.82) is 0 Å². The molecule has 0 amide bonds. The van der Waals surface area contributed by atoms with Gasteiger partial charge in [0.05, 0.1) is 6.61 Å². The maximum Gasteiger partial charge on any atom is 0.231 e. The largest absolute Gasteiger partial charge is 1.00 e. The second-order valence-electron chi connectivity index (χ2n) is 7.38. The number of hydrogen-bond acceptors (Lipinski definition) is 4. The van der Waals surface area contributed by atoms with Crippen molar-refractivity contribution in [2.45, 2.75) is 6.92 Å². The van der Waals surface area contributed by atoms with Crippen molar-refractivity contribution < 1.29 is 26.5 Å². The first-order valence-corrected chi connectivity index (χ1v) is 13.4. The molecule has 0 fully saturated rings. The van der Waals surface area contributed by atoms with E-state index in [2.05, 4.69) is 42.3 Å². The van der Waals surface area contributed by atoms with Crippen LogP contribution in [0.5, 0.6) is 5.88 Å². The molecule has 2 heterocycles. The van der Waals surface area contributed by atoms with Crippen LogP contribution in [0.1, 0.15) is 12.6 Å². The highest BCUT2D eigenvalue weighted by molar-refractivity contribution is 8.03. The van der Waals surface area contributed by atoms with Crippen LogP contribution in [0, 0.1) is 0 Å². The van der Waals surface area contributed by atoms with Gasteiger partial charge in [-0.25, -0.2) is 9.78 Å². The van der Waals surface area contributed by atoms with Gasteiger partial charge in [0, 0.05) is 11.6 Å². The third-order valence-corrected chi connectivity index (χ3v) is 10.5. The molecule has 0 bridgehead atoms. The van der Waals surface area contributed by atoms with Gasteiger partial charge in [0.1, 0.15) is 15.9 Å². The molecule has 0 N–H and O–H groups in total. The lowest BCUT2D eigenvalue weighted by atomic mass is 10.3. The van der Waals surface area contributed by atoms with E-state index in [0.29, 0.717) is 23.5 Å². The van der Waals surface area contributed by atoms with Crippen LogP contribution in [0.2, 0.25) is 0 Å². The van der Waals surface area contributed by atoms with Gasteiger partial charge in [0.15, 0.2) is 23.9 Å². The molecule has 0 atom stereocenters. The predicted octanol–water partition coefficient (Wildman–Crippen LogP) is 1.97. The molecule has 3 aromatic carbocycles. The zero-order chi connectivity index (χ0) is 22.7. The third kappa shape index (κ3) is 3.93. The van der Waals surface area contributed by atoms with E-state index in [1.807, 2.05) is 77.5 Å². The van der Waals surface area contributed by atoms with Gasteiger partial charge in [-0.2, -0.15) is 0 Å². The summed E-state index contributed by atoms with van der Waals surface area (Å²) in [6.07, 6.45) is 1.93. The summed E-state index contributed by atoms with van der Waals surface area (Å²) in [4.78, 5) is 18.7. The Morgan fingerprint density at radius 2 is 1.41 bits per heavy atom. The van der Waals surface area contributed by atoms with Crippen LogP contribution in [0.3, 0.4) is 0 Å². The Bertz CT molecular complexity index is 1330. The number of rotatable bonds is 7. The third-order valence-electron chi connectivity index (χ3n) is 5.59. The second kappa shape index (κ2) is 10.5. The molecule has 7 heteroatoms. The molecule has 0 aliphatic carbocycles. The van der Waals surface area contributed by atoms with Crippen molar-refractivity contribution in [3.05, 3.63) is 108 Å². The van der Waals surface area contributed by atoms with Crippen LogP contribution >= 0.6 is 18.6 Å². The van der Waals surface area contributed by atoms with Crippen molar-refractivity contribution in [3.63, 3.8) is 0 Å². The number of nitrogens with zero attached hydrogens (tertiary/aromatic N) is 2. The summed E-state index contributed by atoms with van der Waals surface area (Å²) in [5.74, 6) is 2.95. The second-order valence-corrected chi connectivity index (χ2v) is 11.6.